The molecule has 0 aromatic heterocycles. The largest absolute Gasteiger partial charge is 0.409 e. The van der Waals surface area contributed by atoms with Gasteiger partial charge < -0.3 is 20.9 Å². The van der Waals surface area contributed by atoms with E-state index in [0.29, 0.717) is 18.5 Å². The van der Waals surface area contributed by atoms with Crippen LogP contribution >= 0.6 is 0 Å². The number of rotatable bonds is 5. The van der Waals surface area contributed by atoms with Gasteiger partial charge in [0.1, 0.15) is 0 Å². The van der Waals surface area contributed by atoms with Crippen molar-refractivity contribution in [3.05, 3.63) is 29.8 Å². The van der Waals surface area contributed by atoms with Crippen molar-refractivity contribution in [1.29, 1.82) is 0 Å². The highest BCUT2D eigenvalue weighted by atomic mass is 16.4. The van der Waals surface area contributed by atoms with Crippen molar-refractivity contribution in [2.45, 2.75) is 19.4 Å². The Kier molecular flexibility index (Phi) is 4.78. The van der Waals surface area contributed by atoms with Crippen molar-refractivity contribution in [1.82, 2.24) is 0 Å². The zero-order valence-electron chi connectivity index (χ0n) is 10.2. The van der Waals surface area contributed by atoms with Gasteiger partial charge in [0.15, 0.2) is 5.84 Å². The molecule has 1 unspecified atom stereocenters. The fourth-order valence-corrected chi connectivity index (χ4v) is 1.58. The molecule has 1 aromatic rings. The van der Waals surface area contributed by atoms with E-state index in [-0.39, 0.29) is 11.9 Å². The fourth-order valence-electron chi connectivity index (χ4n) is 1.58. The van der Waals surface area contributed by atoms with Crippen molar-refractivity contribution in [3.8, 4) is 0 Å². The zero-order valence-corrected chi connectivity index (χ0v) is 10.2. The number of hydrogen-bond acceptors (Lipinski definition) is 4. The molecule has 5 nitrogen and oxygen atoms in total. The molecule has 0 amide bonds. The second-order valence-corrected chi connectivity index (χ2v) is 4.06. The predicted molar refractivity (Wildman–Crippen MR) is 68.5 cm³/mol. The normalized spacial score (nSPS) is 13.5. The van der Waals surface area contributed by atoms with Gasteiger partial charge in [-0.1, -0.05) is 17.3 Å². The Hall–Kier alpha value is -1.75. The Balaban J connectivity index is 2.89. The van der Waals surface area contributed by atoms with Gasteiger partial charge in [-0.25, -0.2) is 0 Å². The van der Waals surface area contributed by atoms with Gasteiger partial charge >= 0.3 is 0 Å². The van der Waals surface area contributed by atoms with Crippen LogP contribution in [-0.2, 0) is 0 Å². The lowest BCUT2D eigenvalue weighted by Gasteiger charge is -2.22. The summed E-state index contributed by atoms with van der Waals surface area (Å²) in [6.07, 6.45) is 0.328. The molecule has 0 spiro atoms. The maximum absolute atomic E-state index is 9.26. The van der Waals surface area contributed by atoms with Crippen LogP contribution in [0.3, 0.4) is 0 Å². The second-order valence-electron chi connectivity index (χ2n) is 4.06. The predicted octanol–water partition coefficient (Wildman–Crippen LogP) is 0.988. The standard InChI is InChI=1S/C12H19N3O2/c1-9(16)7-8-15(2)11-6-4-3-5-10(11)12(13)14-17/h3-6,9,16-17H,7-8H2,1-2H3,(H2,13,14). The van der Waals surface area contributed by atoms with Gasteiger partial charge in [0.05, 0.1) is 6.10 Å². The van der Waals surface area contributed by atoms with Crippen LogP contribution in [0.25, 0.3) is 0 Å². The molecule has 17 heavy (non-hydrogen) atoms. The minimum Gasteiger partial charge on any atom is -0.409 e. The molecule has 0 heterocycles. The maximum Gasteiger partial charge on any atom is 0.172 e. The zero-order chi connectivity index (χ0) is 12.8. The number of aliphatic hydroxyl groups is 1. The summed E-state index contributed by atoms with van der Waals surface area (Å²) in [7, 11) is 1.91. The third kappa shape index (κ3) is 3.64. The number of hydrogen-bond donors (Lipinski definition) is 3. The number of aliphatic hydroxyl groups excluding tert-OH is 1. The number of benzene rings is 1. The number of oxime groups is 1. The van der Waals surface area contributed by atoms with E-state index >= 15 is 0 Å². The van der Waals surface area contributed by atoms with E-state index in [2.05, 4.69) is 5.16 Å². The van der Waals surface area contributed by atoms with Gasteiger partial charge in [0.2, 0.25) is 0 Å². The molecular formula is C12H19N3O2. The molecule has 0 bridgehead atoms. The first-order valence-corrected chi connectivity index (χ1v) is 5.52. The van der Waals surface area contributed by atoms with Gasteiger partial charge in [-0.2, -0.15) is 0 Å². The van der Waals surface area contributed by atoms with Crippen LogP contribution in [0.5, 0.6) is 0 Å². The number of anilines is 1. The highest BCUT2D eigenvalue weighted by molar-refractivity contribution is 6.02. The van der Waals surface area contributed by atoms with Crippen LogP contribution in [0, 0.1) is 0 Å². The van der Waals surface area contributed by atoms with E-state index in [1.807, 2.05) is 30.1 Å². The molecule has 0 radical (unpaired) electrons. The Morgan fingerprint density at radius 2 is 2.12 bits per heavy atom. The fraction of sp³-hybridized carbons (Fsp3) is 0.417. The maximum atomic E-state index is 9.26. The second kappa shape index (κ2) is 6.10. The van der Waals surface area contributed by atoms with Crippen molar-refractivity contribution >= 4 is 11.5 Å². The Morgan fingerprint density at radius 1 is 1.47 bits per heavy atom. The molecule has 0 aliphatic rings. The average Bonchev–Trinajstić information content (AvgIpc) is 2.34. The molecular weight excluding hydrogens is 218 g/mol. The Labute approximate surface area is 101 Å². The van der Waals surface area contributed by atoms with E-state index in [9.17, 15) is 5.11 Å². The number of amidine groups is 1. The number of para-hydroxylation sites is 1. The van der Waals surface area contributed by atoms with E-state index in [1.165, 1.54) is 0 Å². The molecule has 0 fully saturated rings. The topological polar surface area (TPSA) is 82.1 Å². The van der Waals surface area contributed by atoms with Crippen molar-refractivity contribution in [3.63, 3.8) is 0 Å². The van der Waals surface area contributed by atoms with Crippen LogP contribution < -0.4 is 10.6 Å². The molecule has 5 heteroatoms. The monoisotopic (exact) mass is 237 g/mol. The minimum absolute atomic E-state index is 0.0875. The summed E-state index contributed by atoms with van der Waals surface area (Å²) in [4.78, 5) is 1.97. The summed E-state index contributed by atoms with van der Waals surface area (Å²) >= 11 is 0. The van der Waals surface area contributed by atoms with Crippen molar-refractivity contribution in [2.24, 2.45) is 10.9 Å². The molecule has 1 atom stereocenters. The summed E-state index contributed by atoms with van der Waals surface area (Å²) in [6.45, 7) is 2.46. The summed E-state index contributed by atoms with van der Waals surface area (Å²) in [5.74, 6) is 0.0875. The lowest BCUT2D eigenvalue weighted by Crippen LogP contribution is -2.25. The lowest BCUT2D eigenvalue weighted by molar-refractivity contribution is 0.187. The highest BCUT2D eigenvalue weighted by Crippen LogP contribution is 2.19. The first kappa shape index (κ1) is 13.3. The van der Waals surface area contributed by atoms with Gasteiger partial charge in [-0.05, 0) is 25.5 Å². The molecule has 94 valence electrons. The van der Waals surface area contributed by atoms with Crippen LogP contribution in [0.4, 0.5) is 5.69 Å². The molecule has 1 rings (SSSR count). The highest BCUT2D eigenvalue weighted by Gasteiger charge is 2.10. The lowest BCUT2D eigenvalue weighted by atomic mass is 10.1. The van der Waals surface area contributed by atoms with E-state index in [4.69, 9.17) is 10.9 Å². The first-order chi connectivity index (χ1) is 8.06. The summed E-state index contributed by atoms with van der Waals surface area (Å²) in [5.41, 5.74) is 7.17. The van der Waals surface area contributed by atoms with Gasteiger partial charge in [-0.3, -0.25) is 0 Å². The molecule has 0 aliphatic carbocycles. The molecule has 4 N–H and O–H groups in total. The van der Waals surface area contributed by atoms with E-state index < -0.39 is 0 Å². The molecule has 1 aromatic carbocycles. The quantitative estimate of drug-likeness (QED) is 0.309. The Morgan fingerprint density at radius 3 is 2.71 bits per heavy atom. The Bertz CT molecular complexity index is 391. The van der Waals surface area contributed by atoms with Gasteiger partial charge in [0.25, 0.3) is 0 Å². The third-order valence-electron chi connectivity index (χ3n) is 2.58. The molecule has 0 saturated carbocycles. The molecule has 0 aliphatic heterocycles. The number of nitrogens with zero attached hydrogens (tertiary/aromatic N) is 2. The summed E-state index contributed by atoms with van der Waals surface area (Å²) in [6, 6.07) is 7.42. The SMILES string of the molecule is CC(O)CCN(C)c1ccccc1/C(N)=N/O. The van der Waals surface area contributed by atoms with E-state index in [0.717, 1.165) is 5.69 Å². The third-order valence-corrected chi connectivity index (χ3v) is 2.58. The van der Waals surface area contributed by atoms with Crippen LogP contribution in [0.15, 0.2) is 29.4 Å². The van der Waals surface area contributed by atoms with Crippen molar-refractivity contribution in [2.75, 3.05) is 18.5 Å². The van der Waals surface area contributed by atoms with Crippen LogP contribution in [-0.4, -0.2) is 35.8 Å². The summed E-state index contributed by atoms with van der Waals surface area (Å²) < 4.78 is 0. The minimum atomic E-state index is -0.339. The van der Waals surface area contributed by atoms with E-state index in [1.54, 1.807) is 13.0 Å². The first-order valence-electron chi connectivity index (χ1n) is 5.52. The van der Waals surface area contributed by atoms with Crippen molar-refractivity contribution < 1.29 is 10.3 Å². The van der Waals surface area contributed by atoms with Gasteiger partial charge in [0, 0.05) is 24.8 Å². The summed E-state index contributed by atoms with van der Waals surface area (Å²) in [5, 5.41) is 21.0. The van der Waals surface area contributed by atoms with Crippen LogP contribution in [0.1, 0.15) is 18.9 Å². The smallest absolute Gasteiger partial charge is 0.172 e. The number of nitrogens with two attached hydrogens (primary N) is 1. The average molecular weight is 237 g/mol. The van der Waals surface area contributed by atoms with Crippen LogP contribution in [0.2, 0.25) is 0 Å². The van der Waals surface area contributed by atoms with Gasteiger partial charge in [-0.15, -0.1) is 0 Å². The molecule has 0 saturated heterocycles.